The van der Waals surface area contributed by atoms with Crippen LogP contribution in [0.1, 0.15) is 30.3 Å². The van der Waals surface area contributed by atoms with E-state index in [9.17, 15) is 4.79 Å². The minimum absolute atomic E-state index is 0.0598. The van der Waals surface area contributed by atoms with E-state index in [-0.39, 0.29) is 11.9 Å². The Balaban J connectivity index is 2.01. The molecule has 1 unspecified atom stereocenters. The molecule has 0 bridgehead atoms. The molecule has 2 aromatic rings. The Hall–Kier alpha value is -1.94. The molecule has 1 amide bonds. The highest BCUT2D eigenvalue weighted by molar-refractivity contribution is 7.10. The number of thiophene rings is 1. The number of carbonyl (C=O) groups is 1. The number of amides is 1. The lowest BCUT2D eigenvalue weighted by Gasteiger charge is -2.20. The Bertz CT molecular complexity index is 561. The van der Waals surface area contributed by atoms with Crippen molar-refractivity contribution in [2.45, 2.75) is 19.9 Å². The van der Waals surface area contributed by atoms with Crippen LogP contribution in [0.15, 0.2) is 48.1 Å². The van der Waals surface area contributed by atoms with Crippen molar-refractivity contribution in [3.05, 3.63) is 58.6 Å². The Morgan fingerprint density at radius 1 is 1.30 bits per heavy atom. The van der Waals surface area contributed by atoms with Gasteiger partial charge in [0.25, 0.3) is 0 Å². The molecule has 0 aliphatic carbocycles. The first-order valence-electron chi connectivity index (χ1n) is 6.59. The van der Waals surface area contributed by atoms with E-state index >= 15 is 0 Å². The fraction of sp³-hybridized carbons (Fsp3) is 0.250. The standard InChI is InChI=1S/C16H18N2OS/c1-12(2)16(14-4-3-11-20-14)18-15(19)6-5-13-7-9-17-10-8-13/h3-12,16H,1-2H3,(H,18,19)/b6-5+. The predicted octanol–water partition coefficient (Wildman–Crippen LogP) is 3.67. The first kappa shape index (κ1) is 14.5. The molecule has 0 aliphatic heterocycles. The molecule has 2 aromatic heterocycles. The Kier molecular flexibility index (Phi) is 5.07. The van der Waals surface area contributed by atoms with Gasteiger partial charge in [0.15, 0.2) is 0 Å². The van der Waals surface area contributed by atoms with Crippen molar-refractivity contribution in [3.63, 3.8) is 0 Å². The van der Waals surface area contributed by atoms with Crippen molar-refractivity contribution in [1.82, 2.24) is 10.3 Å². The summed E-state index contributed by atoms with van der Waals surface area (Å²) in [7, 11) is 0. The van der Waals surface area contributed by atoms with Crippen LogP contribution in [0.5, 0.6) is 0 Å². The highest BCUT2D eigenvalue weighted by Gasteiger charge is 2.17. The summed E-state index contributed by atoms with van der Waals surface area (Å²) in [5.74, 6) is 0.279. The quantitative estimate of drug-likeness (QED) is 0.852. The van der Waals surface area contributed by atoms with Gasteiger partial charge in [-0.05, 0) is 41.1 Å². The zero-order valence-corrected chi connectivity index (χ0v) is 12.4. The van der Waals surface area contributed by atoms with Gasteiger partial charge in [-0.1, -0.05) is 19.9 Å². The molecule has 0 fully saturated rings. The van der Waals surface area contributed by atoms with E-state index in [2.05, 4.69) is 30.2 Å². The Morgan fingerprint density at radius 3 is 2.65 bits per heavy atom. The van der Waals surface area contributed by atoms with Gasteiger partial charge >= 0.3 is 0 Å². The summed E-state index contributed by atoms with van der Waals surface area (Å²) in [4.78, 5) is 17.1. The van der Waals surface area contributed by atoms with Crippen molar-refractivity contribution >= 4 is 23.3 Å². The van der Waals surface area contributed by atoms with Gasteiger partial charge in [-0.15, -0.1) is 11.3 Å². The maximum atomic E-state index is 12.0. The Morgan fingerprint density at radius 2 is 2.05 bits per heavy atom. The van der Waals surface area contributed by atoms with Crippen LogP contribution < -0.4 is 5.32 Å². The van der Waals surface area contributed by atoms with Crippen molar-refractivity contribution in [3.8, 4) is 0 Å². The molecular formula is C16H18N2OS. The number of pyridine rings is 1. The van der Waals surface area contributed by atoms with Gasteiger partial charge in [0, 0.05) is 23.3 Å². The summed E-state index contributed by atoms with van der Waals surface area (Å²) in [5.41, 5.74) is 0.965. The molecule has 20 heavy (non-hydrogen) atoms. The smallest absolute Gasteiger partial charge is 0.244 e. The van der Waals surface area contributed by atoms with Gasteiger partial charge in [-0.25, -0.2) is 0 Å². The normalized spacial score (nSPS) is 12.8. The van der Waals surface area contributed by atoms with E-state index in [0.717, 1.165) is 5.56 Å². The molecule has 0 saturated carbocycles. The molecule has 104 valence electrons. The molecule has 4 heteroatoms. The maximum Gasteiger partial charge on any atom is 0.244 e. The predicted molar refractivity (Wildman–Crippen MR) is 83.3 cm³/mol. The van der Waals surface area contributed by atoms with E-state index in [4.69, 9.17) is 0 Å². The van der Waals surface area contributed by atoms with Crippen molar-refractivity contribution in [1.29, 1.82) is 0 Å². The molecular weight excluding hydrogens is 268 g/mol. The lowest BCUT2D eigenvalue weighted by atomic mass is 10.0. The van der Waals surface area contributed by atoms with Gasteiger partial charge in [0.05, 0.1) is 6.04 Å². The van der Waals surface area contributed by atoms with Crippen LogP contribution in [-0.4, -0.2) is 10.9 Å². The number of hydrogen-bond donors (Lipinski definition) is 1. The first-order chi connectivity index (χ1) is 9.66. The van der Waals surface area contributed by atoms with Gasteiger partial charge in [-0.3, -0.25) is 9.78 Å². The monoisotopic (exact) mass is 286 g/mol. The van der Waals surface area contributed by atoms with Crippen LogP contribution in [0.4, 0.5) is 0 Å². The molecule has 0 spiro atoms. The van der Waals surface area contributed by atoms with Gasteiger partial charge in [0.2, 0.25) is 5.91 Å². The molecule has 2 rings (SSSR count). The Labute approximate surface area is 123 Å². The zero-order valence-electron chi connectivity index (χ0n) is 11.6. The van der Waals surface area contributed by atoms with Crippen molar-refractivity contribution in [2.24, 2.45) is 5.92 Å². The highest BCUT2D eigenvalue weighted by Crippen LogP contribution is 2.25. The lowest BCUT2D eigenvalue weighted by Crippen LogP contribution is -2.29. The van der Waals surface area contributed by atoms with Gasteiger partial charge in [-0.2, -0.15) is 0 Å². The number of nitrogens with one attached hydrogen (secondary N) is 1. The fourth-order valence-electron chi connectivity index (χ4n) is 1.88. The summed E-state index contributed by atoms with van der Waals surface area (Å²) in [6, 6.07) is 7.85. The molecule has 0 radical (unpaired) electrons. The van der Waals surface area contributed by atoms with Crippen LogP contribution in [0.2, 0.25) is 0 Å². The number of carbonyl (C=O) groups excluding carboxylic acids is 1. The highest BCUT2D eigenvalue weighted by atomic mass is 32.1. The second-order valence-electron chi connectivity index (χ2n) is 4.86. The van der Waals surface area contributed by atoms with Crippen LogP contribution in [-0.2, 0) is 4.79 Å². The summed E-state index contributed by atoms with van der Waals surface area (Å²) >= 11 is 1.67. The van der Waals surface area contributed by atoms with Crippen LogP contribution in [0.3, 0.4) is 0 Å². The van der Waals surface area contributed by atoms with Gasteiger partial charge in [0.1, 0.15) is 0 Å². The SMILES string of the molecule is CC(C)C(NC(=O)/C=C/c1ccncc1)c1cccs1. The largest absolute Gasteiger partial charge is 0.345 e. The minimum Gasteiger partial charge on any atom is -0.345 e. The summed E-state index contributed by atoms with van der Waals surface area (Å²) < 4.78 is 0. The van der Waals surface area contributed by atoms with E-state index in [0.29, 0.717) is 5.92 Å². The zero-order chi connectivity index (χ0) is 14.4. The van der Waals surface area contributed by atoms with Crippen LogP contribution >= 0.6 is 11.3 Å². The third-order valence-corrected chi connectivity index (χ3v) is 3.90. The summed E-state index contributed by atoms with van der Waals surface area (Å²) in [5, 5.41) is 5.09. The molecule has 3 nitrogen and oxygen atoms in total. The van der Waals surface area contributed by atoms with Crippen molar-refractivity contribution < 1.29 is 4.79 Å². The third-order valence-electron chi connectivity index (χ3n) is 2.95. The minimum atomic E-state index is -0.0751. The number of aromatic nitrogens is 1. The number of nitrogens with zero attached hydrogens (tertiary/aromatic N) is 1. The van der Waals surface area contributed by atoms with Gasteiger partial charge < -0.3 is 5.32 Å². The van der Waals surface area contributed by atoms with Crippen molar-refractivity contribution in [2.75, 3.05) is 0 Å². The maximum absolute atomic E-state index is 12.0. The molecule has 2 heterocycles. The summed E-state index contributed by atoms with van der Waals surface area (Å²) in [6.07, 6.45) is 6.78. The molecule has 0 aromatic carbocycles. The van der Waals surface area contributed by atoms with Crippen LogP contribution in [0, 0.1) is 5.92 Å². The average Bonchev–Trinajstić information content (AvgIpc) is 2.97. The van der Waals surface area contributed by atoms with E-state index < -0.39 is 0 Å². The number of rotatable bonds is 5. The average molecular weight is 286 g/mol. The lowest BCUT2D eigenvalue weighted by molar-refractivity contribution is -0.117. The van der Waals surface area contributed by atoms with E-state index in [1.54, 1.807) is 35.9 Å². The molecule has 0 aliphatic rings. The number of hydrogen-bond acceptors (Lipinski definition) is 3. The van der Waals surface area contributed by atoms with E-state index in [1.165, 1.54) is 4.88 Å². The second-order valence-corrected chi connectivity index (χ2v) is 5.84. The topological polar surface area (TPSA) is 42.0 Å². The molecule has 0 saturated heterocycles. The first-order valence-corrected chi connectivity index (χ1v) is 7.47. The van der Waals surface area contributed by atoms with E-state index in [1.807, 2.05) is 23.6 Å². The molecule has 1 atom stereocenters. The van der Waals surface area contributed by atoms with Crippen LogP contribution in [0.25, 0.3) is 6.08 Å². The third kappa shape index (κ3) is 4.03. The summed E-state index contributed by atoms with van der Waals surface area (Å²) in [6.45, 7) is 4.22. The molecule has 1 N–H and O–H groups in total. The fourth-order valence-corrected chi connectivity index (χ4v) is 2.83. The second kappa shape index (κ2) is 7.01.